The number of likely N-dealkylation sites (tertiary alicyclic amines) is 1. The van der Waals surface area contributed by atoms with Crippen LogP contribution in [-0.4, -0.2) is 40.0 Å². The summed E-state index contributed by atoms with van der Waals surface area (Å²) in [6, 6.07) is 9.25. The van der Waals surface area contributed by atoms with Gasteiger partial charge < -0.3 is 9.64 Å². The highest BCUT2D eigenvalue weighted by Gasteiger charge is 2.26. The number of nitrogens with zero attached hydrogens (tertiary/aromatic N) is 4. The first-order valence-electron chi connectivity index (χ1n) is 8.05. The highest BCUT2D eigenvalue weighted by atomic mass is 35.5. The van der Waals surface area contributed by atoms with Crippen molar-refractivity contribution >= 4 is 17.5 Å². The molecule has 1 aromatic carbocycles. The van der Waals surface area contributed by atoms with Gasteiger partial charge >= 0.3 is 0 Å². The summed E-state index contributed by atoms with van der Waals surface area (Å²) in [6.07, 6.45) is 4.74. The Morgan fingerprint density at radius 3 is 2.84 bits per heavy atom. The van der Waals surface area contributed by atoms with Crippen molar-refractivity contribution < 1.29 is 9.53 Å². The fraction of sp³-hybridized carbons (Fsp3) is 0.333. The minimum absolute atomic E-state index is 0.0512. The van der Waals surface area contributed by atoms with E-state index in [0.29, 0.717) is 24.5 Å². The highest BCUT2D eigenvalue weighted by Crippen LogP contribution is 2.19. The van der Waals surface area contributed by atoms with Gasteiger partial charge in [-0.3, -0.25) is 4.79 Å². The van der Waals surface area contributed by atoms with Crippen LogP contribution in [0, 0.1) is 11.3 Å². The number of carbonyl (C=O) groups excluding carboxylic acids is 1. The van der Waals surface area contributed by atoms with Crippen molar-refractivity contribution in [2.24, 2.45) is 0 Å². The molecule has 1 aliphatic heterocycles. The number of carbonyl (C=O) groups is 1. The number of aromatic nitrogens is 2. The van der Waals surface area contributed by atoms with E-state index < -0.39 is 0 Å². The number of rotatable bonds is 4. The van der Waals surface area contributed by atoms with Gasteiger partial charge in [0.05, 0.1) is 13.0 Å². The molecule has 0 N–H and O–H groups in total. The van der Waals surface area contributed by atoms with E-state index in [-0.39, 0.29) is 23.6 Å². The van der Waals surface area contributed by atoms with Crippen LogP contribution in [-0.2, 0) is 11.2 Å². The van der Waals surface area contributed by atoms with E-state index in [4.69, 9.17) is 21.6 Å². The third kappa shape index (κ3) is 4.46. The van der Waals surface area contributed by atoms with Crippen LogP contribution in [0.1, 0.15) is 24.1 Å². The molecule has 0 radical (unpaired) electrons. The zero-order valence-electron chi connectivity index (χ0n) is 13.6. The van der Waals surface area contributed by atoms with E-state index in [9.17, 15) is 4.79 Å². The molecule has 1 aliphatic rings. The summed E-state index contributed by atoms with van der Waals surface area (Å²) < 4.78 is 5.82. The SMILES string of the molecule is N#Cc1nccnc1OC1CCCN(C(=O)Cc2ccc(Cl)cc2)C1. The summed E-state index contributed by atoms with van der Waals surface area (Å²) in [4.78, 5) is 22.3. The van der Waals surface area contributed by atoms with Crippen LogP contribution in [0.4, 0.5) is 0 Å². The molecule has 3 rings (SSSR count). The molecule has 0 aliphatic carbocycles. The van der Waals surface area contributed by atoms with Crippen LogP contribution >= 0.6 is 11.6 Å². The third-order valence-corrected chi connectivity index (χ3v) is 4.30. The molecule has 1 fully saturated rings. The maximum atomic E-state index is 12.5. The molecule has 1 unspecified atom stereocenters. The van der Waals surface area contributed by atoms with E-state index >= 15 is 0 Å². The lowest BCUT2D eigenvalue weighted by Crippen LogP contribution is -2.45. The summed E-state index contributed by atoms with van der Waals surface area (Å²) in [7, 11) is 0. The van der Waals surface area contributed by atoms with Gasteiger partial charge in [-0.05, 0) is 30.5 Å². The zero-order valence-corrected chi connectivity index (χ0v) is 14.3. The van der Waals surface area contributed by atoms with Crippen LogP contribution in [0.5, 0.6) is 5.88 Å². The van der Waals surface area contributed by atoms with Crippen molar-refractivity contribution in [3.63, 3.8) is 0 Å². The Bertz CT molecular complexity index is 788. The second-order valence-corrected chi connectivity index (χ2v) is 6.28. The smallest absolute Gasteiger partial charge is 0.251 e. The molecule has 0 bridgehead atoms. The van der Waals surface area contributed by atoms with Gasteiger partial charge in [0.2, 0.25) is 11.6 Å². The first-order chi connectivity index (χ1) is 12.2. The number of nitriles is 1. The number of halogens is 1. The van der Waals surface area contributed by atoms with Gasteiger partial charge in [0.1, 0.15) is 12.2 Å². The van der Waals surface area contributed by atoms with Crippen LogP contribution in [0.2, 0.25) is 5.02 Å². The molecular formula is C18H17ClN4O2. The monoisotopic (exact) mass is 356 g/mol. The maximum absolute atomic E-state index is 12.5. The number of benzene rings is 1. The fourth-order valence-electron chi connectivity index (χ4n) is 2.80. The Morgan fingerprint density at radius 2 is 2.08 bits per heavy atom. The number of hydrogen-bond acceptors (Lipinski definition) is 5. The lowest BCUT2D eigenvalue weighted by atomic mass is 10.1. The highest BCUT2D eigenvalue weighted by molar-refractivity contribution is 6.30. The second kappa shape index (κ2) is 7.95. The maximum Gasteiger partial charge on any atom is 0.251 e. The van der Waals surface area contributed by atoms with E-state index in [1.807, 2.05) is 18.2 Å². The van der Waals surface area contributed by atoms with Crippen molar-refractivity contribution in [3.05, 3.63) is 52.9 Å². The van der Waals surface area contributed by atoms with Crippen molar-refractivity contribution in [3.8, 4) is 11.9 Å². The zero-order chi connectivity index (χ0) is 17.6. The van der Waals surface area contributed by atoms with Crippen LogP contribution < -0.4 is 4.74 Å². The van der Waals surface area contributed by atoms with Crippen molar-refractivity contribution in [2.45, 2.75) is 25.4 Å². The predicted octanol–water partition coefficient (Wildman–Crippen LogP) is 2.61. The Kier molecular flexibility index (Phi) is 5.46. The molecule has 1 aromatic heterocycles. The minimum Gasteiger partial charge on any atom is -0.470 e. The first-order valence-corrected chi connectivity index (χ1v) is 8.43. The Labute approximate surface area is 151 Å². The molecule has 128 valence electrons. The van der Waals surface area contributed by atoms with E-state index in [0.717, 1.165) is 18.4 Å². The summed E-state index contributed by atoms with van der Waals surface area (Å²) in [5.74, 6) is 0.275. The standard InChI is InChI=1S/C18H17ClN4O2/c19-14-5-3-13(4-6-14)10-17(24)23-9-1-2-15(12-23)25-18-16(11-20)21-7-8-22-18/h3-8,15H,1-2,9-10,12H2. The molecule has 6 nitrogen and oxygen atoms in total. The largest absolute Gasteiger partial charge is 0.470 e. The Morgan fingerprint density at radius 1 is 1.32 bits per heavy atom. The summed E-state index contributed by atoms with van der Waals surface area (Å²) >= 11 is 5.87. The first kappa shape index (κ1) is 17.2. The van der Waals surface area contributed by atoms with E-state index in [1.165, 1.54) is 12.4 Å². The predicted molar refractivity (Wildman–Crippen MR) is 92.1 cm³/mol. The topological polar surface area (TPSA) is 79.1 Å². The molecular weight excluding hydrogens is 340 g/mol. The van der Waals surface area contributed by atoms with Gasteiger partial charge in [-0.1, -0.05) is 23.7 Å². The molecule has 1 atom stereocenters. The summed E-state index contributed by atoms with van der Waals surface area (Å²) in [5, 5.41) is 9.72. The normalized spacial score (nSPS) is 17.0. The van der Waals surface area contributed by atoms with Gasteiger partial charge in [0.25, 0.3) is 5.88 Å². The quantitative estimate of drug-likeness (QED) is 0.841. The minimum atomic E-state index is -0.188. The van der Waals surface area contributed by atoms with E-state index in [2.05, 4.69) is 9.97 Å². The fourth-order valence-corrected chi connectivity index (χ4v) is 2.92. The Hall–Kier alpha value is -2.65. The van der Waals surface area contributed by atoms with Crippen molar-refractivity contribution in [1.82, 2.24) is 14.9 Å². The number of piperidine rings is 1. The number of ether oxygens (including phenoxy) is 1. The van der Waals surface area contributed by atoms with E-state index in [1.54, 1.807) is 17.0 Å². The third-order valence-electron chi connectivity index (χ3n) is 4.05. The molecule has 7 heteroatoms. The molecule has 2 heterocycles. The molecule has 2 aromatic rings. The summed E-state index contributed by atoms with van der Waals surface area (Å²) in [5.41, 5.74) is 1.09. The van der Waals surface area contributed by atoms with Crippen molar-refractivity contribution in [2.75, 3.05) is 13.1 Å². The number of hydrogen-bond donors (Lipinski definition) is 0. The van der Waals surface area contributed by atoms with Crippen molar-refractivity contribution in [1.29, 1.82) is 5.26 Å². The lowest BCUT2D eigenvalue weighted by Gasteiger charge is -2.32. The molecule has 0 spiro atoms. The van der Waals surface area contributed by atoms with Gasteiger partial charge in [0.15, 0.2) is 0 Å². The Balaban J connectivity index is 1.61. The van der Waals surface area contributed by atoms with Gasteiger partial charge in [-0.15, -0.1) is 0 Å². The average Bonchev–Trinajstić information content (AvgIpc) is 2.64. The average molecular weight is 357 g/mol. The van der Waals surface area contributed by atoms with Crippen LogP contribution in [0.3, 0.4) is 0 Å². The molecule has 25 heavy (non-hydrogen) atoms. The summed E-state index contributed by atoms with van der Waals surface area (Å²) in [6.45, 7) is 1.19. The van der Waals surface area contributed by atoms with Gasteiger partial charge in [-0.25, -0.2) is 9.97 Å². The van der Waals surface area contributed by atoms with Gasteiger partial charge in [0, 0.05) is 24.0 Å². The van der Waals surface area contributed by atoms with Crippen LogP contribution in [0.15, 0.2) is 36.7 Å². The van der Waals surface area contributed by atoms with Gasteiger partial charge in [-0.2, -0.15) is 5.26 Å². The van der Waals surface area contributed by atoms with Crippen LogP contribution in [0.25, 0.3) is 0 Å². The second-order valence-electron chi connectivity index (χ2n) is 5.85. The lowest BCUT2D eigenvalue weighted by molar-refractivity contribution is -0.133. The molecule has 1 saturated heterocycles. The molecule has 0 saturated carbocycles. The number of amides is 1. The molecule has 1 amide bonds.